The summed E-state index contributed by atoms with van der Waals surface area (Å²) in [6.07, 6.45) is -0.163. The van der Waals surface area contributed by atoms with Gasteiger partial charge in [0.05, 0.1) is 17.7 Å². The Morgan fingerprint density at radius 3 is 2.42 bits per heavy atom. The molecular formula is C18H19FN2O3. The predicted molar refractivity (Wildman–Crippen MR) is 90.0 cm³/mol. The Labute approximate surface area is 139 Å². The summed E-state index contributed by atoms with van der Waals surface area (Å²) in [5.41, 5.74) is -0.395. The van der Waals surface area contributed by atoms with Crippen LogP contribution in [-0.4, -0.2) is 16.9 Å². The van der Waals surface area contributed by atoms with Gasteiger partial charge in [0.25, 0.3) is 0 Å². The van der Waals surface area contributed by atoms with Crippen molar-refractivity contribution in [2.24, 2.45) is 0 Å². The highest BCUT2D eigenvalue weighted by Gasteiger charge is 2.26. The van der Waals surface area contributed by atoms with E-state index in [2.05, 4.69) is 10.6 Å². The molecule has 24 heavy (non-hydrogen) atoms. The van der Waals surface area contributed by atoms with Crippen molar-refractivity contribution < 1.29 is 19.1 Å². The second-order valence-corrected chi connectivity index (χ2v) is 5.74. The molecule has 2 amide bonds. The van der Waals surface area contributed by atoms with Gasteiger partial charge in [0.15, 0.2) is 0 Å². The zero-order valence-corrected chi connectivity index (χ0v) is 13.5. The number of amides is 2. The van der Waals surface area contributed by atoms with Gasteiger partial charge in [-0.3, -0.25) is 9.59 Å². The van der Waals surface area contributed by atoms with Gasteiger partial charge in [-0.05, 0) is 30.7 Å². The molecule has 1 atom stereocenters. The van der Waals surface area contributed by atoms with E-state index in [1.165, 1.54) is 19.1 Å². The third-order valence-electron chi connectivity index (χ3n) is 3.46. The highest BCUT2D eigenvalue weighted by Crippen LogP contribution is 2.25. The quantitative estimate of drug-likeness (QED) is 0.788. The number of benzene rings is 2. The second kappa shape index (κ2) is 7.23. The van der Waals surface area contributed by atoms with Crippen molar-refractivity contribution in [2.45, 2.75) is 25.9 Å². The number of anilines is 2. The lowest BCUT2D eigenvalue weighted by Crippen LogP contribution is -2.28. The summed E-state index contributed by atoms with van der Waals surface area (Å²) in [5.74, 6) is -1.44. The Morgan fingerprint density at radius 2 is 1.79 bits per heavy atom. The Balaban J connectivity index is 2.08. The van der Waals surface area contributed by atoms with Crippen LogP contribution in [0, 0.1) is 5.82 Å². The maximum atomic E-state index is 13.6. The highest BCUT2D eigenvalue weighted by atomic mass is 19.1. The highest BCUT2D eigenvalue weighted by molar-refractivity contribution is 5.93. The number of hydrogen-bond donors (Lipinski definition) is 3. The summed E-state index contributed by atoms with van der Waals surface area (Å²) in [4.78, 5) is 23.2. The third-order valence-corrected chi connectivity index (χ3v) is 3.46. The number of carbonyl (C=O) groups is 2. The summed E-state index contributed by atoms with van der Waals surface area (Å²) in [7, 11) is 0. The second-order valence-electron chi connectivity index (χ2n) is 5.74. The zero-order chi connectivity index (χ0) is 17.7. The van der Waals surface area contributed by atoms with E-state index in [0.717, 1.165) is 6.07 Å². The minimum atomic E-state index is -1.33. The average Bonchev–Trinajstić information content (AvgIpc) is 2.50. The van der Waals surface area contributed by atoms with Crippen LogP contribution in [0.2, 0.25) is 0 Å². The number of carbonyl (C=O) groups excluding carboxylic acids is 2. The normalized spacial score (nSPS) is 13.0. The van der Waals surface area contributed by atoms with Gasteiger partial charge in [-0.25, -0.2) is 4.39 Å². The Hall–Kier alpha value is -2.73. The van der Waals surface area contributed by atoms with E-state index in [0.29, 0.717) is 11.3 Å². The van der Waals surface area contributed by atoms with Crippen LogP contribution in [0.1, 0.15) is 25.8 Å². The summed E-state index contributed by atoms with van der Waals surface area (Å²) in [6.45, 7) is 2.82. The lowest BCUT2D eigenvalue weighted by Gasteiger charge is -2.23. The van der Waals surface area contributed by atoms with Gasteiger partial charge in [0.2, 0.25) is 11.8 Å². The van der Waals surface area contributed by atoms with E-state index in [4.69, 9.17) is 0 Å². The SMILES string of the molecule is CC(=O)Nc1cc(NC(=O)CC(C)(O)c2ccccc2)ccc1F. The molecule has 0 radical (unpaired) electrons. The van der Waals surface area contributed by atoms with Crippen LogP contribution in [0.15, 0.2) is 48.5 Å². The molecule has 2 aromatic carbocycles. The molecule has 0 fully saturated rings. The van der Waals surface area contributed by atoms with Crippen molar-refractivity contribution in [1.29, 1.82) is 0 Å². The van der Waals surface area contributed by atoms with Crippen LogP contribution in [-0.2, 0) is 15.2 Å². The molecule has 0 aliphatic rings. The fourth-order valence-electron chi connectivity index (χ4n) is 2.31. The zero-order valence-electron chi connectivity index (χ0n) is 13.5. The summed E-state index contributed by atoms with van der Waals surface area (Å²) < 4.78 is 13.6. The van der Waals surface area contributed by atoms with Crippen molar-refractivity contribution in [3.05, 3.63) is 59.9 Å². The maximum absolute atomic E-state index is 13.6. The van der Waals surface area contributed by atoms with Crippen molar-refractivity contribution in [2.75, 3.05) is 10.6 Å². The van der Waals surface area contributed by atoms with Crippen molar-refractivity contribution in [3.8, 4) is 0 Å². The smallest absolute Gasteiger partial charge is 0.227 e. The lowest BCUT2D eigenvalue weighted by molar-refractivity contribution is -0.120. The van der Waals surface area contributed by atoms with Gasteiger partial charge in [-0.1, -0.05) is 30.3 Å². The van der Waals surface area contributed by atoms with Crippen molar-refractivity contribution in [3.63, 3.8) is 0 Å². The summed E-state index contributed by atoms with van der Waals surface area (Å²) in [6, 6.07) is 12.7. The Morgan fingerprint density at radius 1 is 1.12 bits per heavy atom. The molecule has 0 heterocycles. The predicted octanol–water partition coefficient (Wildman–Crippen LogP) is 3.02. The van der Waals surface area contributed by atoms with E-state index in [-0.39, 0.29) is 12.1 Å². The molecule has 0 aliphatic carbocycles. The largest absolute Gasteiger partial charge is 0.385 e. The van der Waals surface area contributed by atoms with Crippen LogP contribution in [0.4, 0.5) is 15.8 Å². The van der Waals surface area contributed by atoms with E-state index in [1.807, 2.05) is 6.07 Å². The van der Waals surface area contributed by atoms with E-state index < -0.39 is 23.2 Å². The molecule has 126 valence electrons. The average molecular weight is 330 g/mol. The molecule has 0 bridgehead atoms. The molecule has 5 nitrogen and oxygen atoms in total. The van der Waals surface area contributed by atoms with Gasteiger partial charge in [-0.15, -0.1) is 0 Å². The van der Waals surface area contributed by atoms with Gasteiger partial charge in [0.1, 0.15) is 5.82 Å². The Bertz CT molecular complexity index is 745. The van der Waals surface area contributed by atoms with Crippen LogP contribution >= 0.6 is 0 Å². The first-order valence-corrected chi connectivity index (χ1v) is 7.43. The monoisotopic (exact) mass is 330 g/mol. The molecule has 2 aromatic rings. The minimum absolute atomic E-state index is 0.0184. The first kappa shape index (κ1) is 17.6. The number of rotatable bonds is 5. The van der Waals surface area contributed by atoms with E-state index >= 15 is 0 Å². The van der Waals surface area contributed by atoms with Crippen LogP contribution < -0.4 is 10.6 Å². The van der Waals surface area contributed by atoms with Crippen LogP contribution in [0.3, 0.4) is 0 Å². The van der Waals surface area contributed by atoms with E-state index in [9.17, 15) is 19.1 Å². The molecular weight excluding hydrogens is 311 g/mol. The van der Waals surface area contributed by atoms with Crippen molar-refractivity contribution in [1.82, 2.24) is 0 Å². The summed E-state index contributed by atoms with van der Waals surface area (Å²) in [5, 5.41) is 15.4. The molecule has 3 N–H and O–H groups in total. The summed E-state index contributed by atoms with van der Waals surface area (Å²) >= 11 is 0. The topological polar surface area (TPSA) is 78.4 Å². The Kier molecular flexibility index (Phi) is 5.31. The van der Waals surface area contributed by atoms with Gasteiger partial charge >= 0.3 is 0 Å². The number of hydrogen-bond acceptors (Lipinski definition) is 3. The molecule has 0 saturated heterocycles. The lowest BCUT2D eigenvalue weighted by atomic mass is 9.92. The van der Waals surface area contributed by atoms with Gasteiger partial charge in [-0.2, -0.15) is 0 Å². The van der Waals surface area contributed by atoms with Crippen LogP contribution in [0.25, 0.3) is 0 Å². The van der Waals surface area contributed by atoms with Gasteiger partial charge < -0.3 is 15.7 Å². The fourth-order valence-corrected chi connectivity index (χ4v) is 2.31. The fraction of sp³-hybridized carbons (Fsp3) is 0.222. The van der Waals surface area contributed by atoms with Crippen molar-refractivity contribution >= 4 is 23.2 Å². The first-order chi connectivity index (χ1) is 11.3. The van der Waals surface area contributed by atoms with E-state index in [1.54, 1.807) is 31.2 Å². The number of nitrogens with one attached hydrogen (secondary N) is 2. The first-order valence-electron chi connectivity index (χ1n) is 7.43. The minimum Gasteiger partial charge on any atom is -0.385 e. The van der Waals surface area contributed by atoms with Gasteiger partial charge in [0, 0.05) is 12.6 Å². The molecule has 0 spiro atoms. The number of halogens is 1. The molecule has 0 aliphatic heterocycles. The molecule has 1 unspecified atom stereocenters. The third kappa shape index (κ3) is 4.63. The number of aliphatic hydroxyl groups is 1. The molecule has 0 saturated carbocycles. The standard InChI is InChI=1S/C18H19FN2O3/c1-12(22)20-16-10-14(8-9-15(16)19)21-17(23)11-18(2,24)13-6-4-3-5-7-13/h3-10,24H,11H2,1-2H3,(H,20,22)(H,21,23). The molecule has 2 rings (SSSR count). The van der Waals surface area contributed by atoms with Crippen LogP contribution in [0.5, 0.6) is 0 Å². The molecule has 0 aromatic heterocycles. The maximum Gasteiger partial charge on any atom is 0.227 e. The molecule has 6 heteroatoms.